The highest BCUT2D eigenvalue weighted by Gasteiger charge is 2.34. The molecular weight excluding hydrogens is 330 g/mol. The molecule has 2 aliphatic rings. The smallest absolute Gasteiger partial charge is 0.247 e. The average molecular weight is 355 g/mol. The molecule has 1 aromatic carbocycles. The van der Waals surface area contributed by atoms with Gasteiger partial charge < -0.3 is 15.1 Å². The van der Waals surface area contributed by atoms with Crippen LogP contribution in [0.3, 0.4) is 0 Å². The summed E-state index contributed by atoms with van der Waals surface area (Å²) < 4.78 is 0. The van der Waals surface area contributed by atoms with Crippen LogP contribution in [0, 0.1) is 5.92 Å². The molecule has 1 aromatic rings. The van der Waals surface area contributed by atoms with Crippen molar-refractivity contribution in [3.8, 4) is 0 Å². The fourth-order valence-corrected chi connectivity index (χ4v) is 3.54. The molecule has 6 heteroatoms. The molecule has 2 fully saturated rings. The summed E-state index contributed by atoms with van der Waals surface area (Å²) in [5.41, 5.74) is 1.78. The van der Waals surface area contributed by atoms with Gasteiger partial charge in [-0.3, -0.25) is 14.4 Å². The monoisotopic (exact) mass is 355 g/mol. The number of anilines is 1. The van der Waals surface area contributed by atoms with Gasteiger partial charge in [-0.15, -0.1) is 0 Å². The Kier molecular flexibility index (Phi) is 5.40. The number of hydrogen-bond acceptors (Lipinski definition) is 3. The van der Waals surface area contributed by atoms with Gasteiger partial charge in [0.15, 0.2) is 0 Å². The Bertz CT molecular complexity index is 724. The summed E-state index contributed by atoms with van der Waals surface area (Å²) in [7, 11) is 0. The van der Waals surface area contributed by atoms with Crippen LogP contribution >= 0.6 is 0 Å². The van der Waals surface area contributed by atoms with Crippen molar-refractivity contribution in [3.05, 3.63) is 35.9 Å². The largest absolute Gasteiger partial charge is 0.353 e. The van der Waals surface area contributed by atoms with Gasteiger partial charge >= 0.3 is 0 Å². The first kappa shape index (κ1) is 18.2. The fraction of sp³-hybridized carbons (Fsp3) is 0.450. The van der Waals surface area contributed by atoms with Gasteiger partial charge in [0.1, 0.15) is 6.04 Å². The number of nitrogens with one attached hydrogen (secondary N) is 1. The van der Waals surface area contributed by atoms with Crippen LogP contribution in [0.1, 0.15) is 32.3 Å². The van der Waals surface area contributed by atoms with E-state index in [0.717, 1.165) is 24.2 Å². The van der Waals surface area contributed by atoms with Crippen LogP contribution in [0.25, 0.3) is 6.08 Å². The summed E-state index contributed by atoms with van der Waals surface area (Å²) in [6, 6.07) is 7.17. The predicted molar refractivity (Wildman–Crippen MR) is 100 cm³/mol. The molecule has 2 saturated heterocycles. The van der Waals surface area contributed by atoms with Crippen molar-refractivity contribution in [1.29, 1.82) is 0 Å². The molecule has 2 heterocycles. The van der Waals surface area contributed by atoms with E-state index in [9.17, 15) is 14.4 Å². The van der Waals surface area contributed by atoms with Crippen molar-refractivity contribution in [3.63, 3.8) is 0 Å². The molecule has 3 rings (SSSR count). The lowest BCUT2D eigenvalue weighted by Gasteiger charge is -2.36. The summed E-state index contributed by atoms with van der Waals surface area (Å²) in [4.78, 5) is 39.8. The first-order chi connectivity index (χ1) is 12.5. The number of piperazine rings is 1. The van der Waals surface area contributed by atoms with E-state index < -0.39 is 6.04 Å². The standard InChI is InChI=1S/C20H25N3O3/c1-14(2)19-20(26)21-11-13-23(19)18(25)10-7-15-5-8-16(9-6-15)22-12-3-4-17(22)24/h5-10,14,19H,3-4,11-13H2,1-2H3,(H,21,26). The maximum Gasteiger partial charge on any atom is 0.247 e. The van der Waals surface area contributed by atoms with Crippen LogP contribution < -0.4 is 10.2 Å². The van der Waals surface area contributed by atoms with Crippen LogP contribution in [0.4, 0.5) is 5.69 Å². The molecule has 1 unspecified atom stereocenters. The van der Waals surface area contributed by atoms with Gasteiger partial charge in [0.25, 0.3) is 0 Å². The van der Waals surface area contributed by atoms with Gasteiger partial charge in [0.05, 0.1) is 0 Å². The zero-order chi connectivity index (χ0) is 18.7. The van der Waals surface area contributed by atoms with Gasteiger partial charge in [-0.2, -0.15) is 0 Å². The molecule has 0 aromatic heterocycles. The van der Waals surface area contributed by atoms with E-state index in [4.69, 9.17) is 0 Å². The third-order valence-corrected chi connectivity index (χ3v) is 4.87. The van der Waals surface area contributed by atoms with Crippen LogP contribution in [-0.4, -0.2) is 48.3 Å². The van der Waals surface area contributed by atoms with Gasteiger partial charge in [-0.1, -0.05) is 26.0 Å². The minimum atomic E-state index is -0.426. The van der Waals surface area contributed by atoms with E-state index in [-0.39, 0.29) is 23.6 Å². The molecule has 2 aliphatic heterocycles. The second kappa shape index (κ2) is 7.72. The van der Waals surface area contributed by atoms with Crippen LogP contribution in [-0.2, 0) is 14.4 Å². The van der Waals surface area contributed by atoms with Crippen molar-refractivity contribution in [2.24, 2.45) is 5.92 Å². The SMILES string of the molecule is CC(C)C1C(=O)NCCN1C(=O)C=Cc1ccc(N2CCCC2=O)cc1. The van der Waals surface area contributed by atoms with E-state index in [2.05, 4.69) is 5.32 Å². The summed E-state index contributed by atoms with van der Waals surface area (Å²) in [6.45, 7) is 5.66. The van der Waals surface area contributed by atoms with Crippen LogP contribution in [0.15, 0.2) is 30.3 Å². The second-order valence-corrected chi connectivity index (χ2v) is 7.09. The average Bonchev–Trinajstić information content (AvgIpc) is 3.05. The lowest BCUT2D eigenvalue weighted by atomic mass is 9.99. The molecule has 0 aliphatic carbocycles. The quantitative estimate of drug-likeness (QED) is 0.838. The number of hydrogen-bond donors (Lipinski definition) is 1. The van der Waals surface area contributed by atoms with Gasteiger partial charge in [0.2, 0.25) is 17.7 Å². The number of amides is 3. The summed E-state index contributed by atoms with van der Waals surface area (Å²) in [5.74, 6) is -0.0264. The lowest BCUT2D eigenvalue weighted by molar-refractivity contribution is -0.141. The van der Waals surface area contributed by atoms with Crippen LogP contribution in [0.2, 0.25) is 0 Å². The third-order valence-electron chi connectivity index (χ3n) is 4.87. The van der Waals surface area contributed by atoms with Gasteiger partial charge in [-0.05, 0) is 36.1 Å². The Hall–Kier alpha value is -2.63. The fourth-order valence-electron chi connectivity index (χ4n) is 3.54. The molecule has 0 spiro atoms. The Balaban J connectivity index is 1.67. The van der Waals surface area contributed by atoms with Crippen molar-refractivity contribution >= 4 is 29.5 Å². The third kappa shape index (κ3) is 3.79. The Morgan fingerprint density at radius 3 is 2.54 bits per heavy atom. The van der Waals surface area contributed by atoms with Crippen molar-refractivity contribution < 1.29 is 14.4 Å². The maximum atomic E-state index is 12.6. The normalized spacial score (nSPS) is 21.0. The first-order valence-electron chi connectivity index (χ1n) is 9.14. The maximum absolute atomic E-state index is 12.6. The summed E-state index contributed by atoms with van der Waals surface area (Å²) in [6.07, 6.45) is 4.78. The van der Waals surface area contributed by atoms with E-state index in [0.29, 0.717) is 19.5 Å². The topological polar surface area (TPSA) is 69.7 Å². The lowest BCUT2D eigenvalue weighted by Crippen LogP contribution is -2.58. The second-order valence-electron chi connectivity index (χ2n) is 7.09. The molecule has 138 valence electrons. The highest BCUT2D eigenvalue weighted by molar-refractivity contribution is 5.97. The minimum Gasteiger partial charge on any atom is -0.353 e. The number of nitrogens with zero attached hydrogens (tertiary/aromatic N) is 2. The van der Waals surface area contributed by atoms with Gasteiger partial charge in [-0.25, -0.2) is 0 Å². The summed E-state index contributed by atoms with van der Waals surface area (Å²) in [5, 5.41) is 2.82. The minimum absolute atomic E-state index is 0.0601. The molecule has 26 heavy (non-hydrogen) atoms. The molecule has 1 N–H and O–H groups in total. The van der Waals surface area contributed by atoms with E-state index in [1.165, 1.54) is 6.08 Å². The Labute approximate surface area is 153 Å². The molecule has 1 atom stereocenters. The number of rotatable bonds is 4. The Morgan fingerprint density at radius 2 is 1.92 bits per heavy atom. The molecule has 3 amide bonds. The molecule has 0 radical (unpaired) electrons. The highest BCUT2D eigenvalue weighted by atomic mass is 16.2. The van der Waals surface area contributed by atoms with Crippen LogP contribution in [0.5, 0.6) is 0 Å². The number of carbonyl (C=O) groups is 3. The van der Waals surface area contributed by atoms with Crippen molar-refractivity contribution in [2.45, 2.75) is 32.7 Å². The van der Waals surface area contributed by atoms with E-state index >= 15 is 0 Å². The highest BCUT2D eigenvalue weighted by Crippen LogP contribution is 2.22. The predicted octanol–water partition coefficient (Wildman–Crippen LogP) is 1.81. The van der Waals surface area contributed by atoms with E-state index in [1.807, 2.05) is 38.1 Å². The van der Waals surface area contributed by atoms with Gasteiger partial charge in [0, 0.05) is 37.8 Å². The molecule has 6 nitrogen and oxygen atoms in total. The van der Waals surface area contributed by atoms with Crippen molar-refractivity contribution in [2.75, 3.05) is 24.5 Å². The molecule has 0 bridgehead atoms. The number of benzene rings is 1. The number of carbonyl (C=O) groups excluding carboxylic acids is 3. The zero-order valence-electron chi connectivity index (χ0n) is 15.3. The molecule has 0 saturated carbocycles. The van der Waals surface area contributed by atoms with E-state index in [1.54, 1.807) is 15.9 Å². The molecular formula is C20H25N3O3. The van der Waals surface area contributed by atoms with Crippen molar-refractivity contribution in [1.82, 2.24) is 10.2 Å². The summed E-state index contributed by atoms with van der Waals surface area (Å²) >= 11 is 0. The zero-order valence-corrected chi connectivity index (χ0v) is 15.3. The Morgan fingerprint density at radius 1 is 1.19 bits per heavy atom. The first-order valence-corrected chi connectivity index (χ1v) is 9.14.